The fraction of sp³-hybridized carbons (Fsp3) is 0. The molecule has 0 aliphatic rings. The van der Waals surface area contributed by atoms with E-state index in [0.717, 1.165) is 31.0 Å². The molecule has 4 aromatic rings. The van der Waals surface area contributed by atoms with E-state index >= 15 is 0 Å². The Labute approximate surface area is 184 Å². The molecule has 4 rings (SSSR count). The van der Waals surface area contributed by atoms with Crippen LogP contribution in [0.2, 0.25) is 0 Å². The van der Waals surface area contributed by atoms with Crippen LogP contribution in [0.4, 0.5) is 16.2 Å². The molecule has 0 radical (unpaired) electrons. The summed E-state index contributed by atoms with van der Waals surface area (Å²) >= 11 is 3.24. The molecule has 0 spiro atoms. The molecule has 30 heavy (non-hydrogen) atoms. The third kappa shape index (κ3) is 5.47. The fourth-order valence-electron chi connectivity index (χ4n) is 2.82. The third-order valence-electron chi connectivity index (χ3n) is 4.21. The molecule has 2 N–H and O–H groups in total. The van der Waals surface area contributed by atoms with Gasteiger partial charge in [-0.2, -0.15) is 0 Å². The van der Waals surface area contributed by atoms with Crippen LogP contribution in [0.5, 0.6) is 0 Å². The van der Waals surface area contributed by atoms with Gasteiger partial charge in [0, 0.05) is 19.6 Å². The maximum atomic E-state index is 12.8. The number of nitrogens with one attached hydrogen (secondary N) is 2. The van der Waals surface area contributed by atoms with E-state index < -0.39 is 0 Å². The van der Waals surface area contributed by atoms with Gasteiger partial charge in [-0.3, -0.25) is 0 Å². The van der Waals surface area contributed by atoms with Crippen molar-refractivity contribution >= 4 is 40.9 Å². The summed E-state index contributed by atoms with van der Waals surface area (Å²) in [4.78, 5) is 17.0. The fourth-order valence-corrected chi connectivity index (χ4v) is 4.67. The van der Waals surface area contributed by atoms with Gasteiger partial charge >= 0.3 is 6.03 Å². The predicted octanol–water partition coefficient (Wildman–Crippen LogP) is 7.63. The van der Waals surface area contributed by atoms with Gasteiger partial charge in [0.15, 0.2) is 0 Å². The molecule has 148 valence electrons. The van der Waals surface area contributed by atoms with Gasteiger partial charge in [0.25, 0.3) is 0 Å². The maximum Gasteiger partial charge on any atom is 0.323 e. The number of carbonyl (C=O) groups excluding carboxylic acids is 1. The van der Waals surface area contributed by atoms with Crippen molar-refractivity contribution in [3.63, 3.8) is 0 Å². The molecule has 4 aromatic carbocycles. The summed E-state index contributed by atoms with van der Waals surface area (Å²) in [6, 6.07) is 35.6. The smallest absolute Gasteiger partial charge is 0.307 e. The van der Waals surface area contributed by atoms with E-state index in [9.17, 15) is 4.79 Å². The standard InChI is InChI=1S/C25H20N2OS2/c28-25(26-21-15-7-9-17-23(21)29-19-11-3-1-4-12-19)27-22-16-8-10-18-24(22)30-20-13-5-2-6-14-20/h1-18H,(H2,26,27,28). The molecule has 3 nitrogen and oxygen atoms in total. The number of amides is 2. The van der Waals surface area contributed by atoms with Crippen molar-refractivity contribution in [1.82, 2.24) is 0 Å². The summed E-state index contributed by atoms with van der Waals surface area (Å²) in [5.41, 5.74) is 1.55. The molecule has 0 aromatic heterocycles. The molecule has 0 atom stereocenters. The summed E-state index contributed by atoms with van der Waals surface area (Å²) in [5, 5.41) is 5.98. The molecule has 0 unspecified atom stereocenters. The number of urea groups is 1. The van der Waals surface area contributed by atoms with Crippen molar-refractivity contribution in [1.29, 1.82) is 0 Å². The first-order valence-electron chi connectivity index (χ1n) is 9.50. The Balaban J connectivity index is 1.47. The monoisotopic (exact) mass is 428 g/mol. The minimum absolute atomic E-state index is 0.266. The zero-order valence-electron chi connectivity index (χ0n) is 16.1. The molecule has 0 aliphatic carbocycles. The van der Waals surface area contributed by atoms with Crippen molar-refractivity contribution in [3.8, 4) is 0 Å². The normalized spacial score (nSPS) is 10.4. The molecule has 5 heteroatoms. The van der Waals surface area contributed by atoms with Crippen LogP contribution in [-0.2, 0) is 0 Å². The van der Waals surface area contributed by atoms with Crippen LogP contribution in [0.15, 0.2) is 129 Å². The van der Waals surface area contributed by atoms with Crippen molar-refractivity contribution in [2.75, 3.05) is 10.6 Å². The van der Waals surface area contributed by atoms with Gasteiger partial charge in [-0.1, -0.05) is 84.2 Å². The Morgan fingerprint density at radius 1 is 0.500 bits per heavy atom. The van der Waals surface area contributed by atoms with Gasteiger partial charge in [-0.05, 0) is 48.5 Å². The average molecular weight is 429 g/mol. The number of anilines is 2. The lowest BCUT2D eigenvalue weighted by atomic mass is 10.3. The summed E-state index contributed by atoms with van der Waals surface area (Å²) in [5.74, 6) is 0. The van der Waals surface area contributed by atoms with Gasteiger partial charge in [0.1, 0.15) is 0 Å². The van der Waals surface area contributed by atoms with E-state index in [4.69, 9.17) is 0 Å². The first-order valence-corrected chi connectivity index (χ1v) is 11.1. The van der Waals surface area contributed by atoms with Crippen LogP contribution >= 0.6 is 23.5 Å². The quantitative estimate of drug-likeness (QED) is 0.332. The van der Waals surface area contributed by atoms with Crippen molar-refractivity contribution in [2.45, 2.75) is 19.6 Å². The zero-order chi connectivity index (χ0) is 20.6. The van der Waals surface area contributed by atoms with Crippen LogP contribution in [0.25, 0.3) is 0 Å². The van der Waals surface area contributed by atoms with Crippen LogP contribution in [0.3, 0.4) is 0 Å². The highest BCUT2D eigenvalue weighted by Gasteiger charge is 2.11. The van der Waals surface area contributed by atoms with Crippen LogP contribution in [-0.4, -0.2) is 6.03 Å². The number of benzene rings is 4. The van der Waals surface area contributed by atoms with Gasteiger partial charge in [0.2, 0.25) is 0 Å². The van der Waals surface area contributed by atoms with Crippen LogP contribution in [0.1, 0.15) is 0 Å². The minimum atomic E-state index is -0.266. The Kier molecular flexibility index (Phi) is 6.75. The number of hydrogen-bond donors (Lipinski definition) is 2. The minimum Gasteiger partial charge on any atom is -0.307 e. The molecule has 2 amide bonds. The molecule has 0 saturated heterocycles. The largest absolute Gasteiger partial charge is 0.323 e. The van der Waals surface area contributed by atoms with Gasteiger partial charge < -0.3 is 10.6 Å². The highest BCUT2D eigenvalue weighted by molar-refractivity contribution is 7.99. The molecule has 0 bridgehead atoms. The number of carbonyl (C=O) groups is 1. The van der Waals surface area contributed by atoms with Gasteiger partial charge in [0.05, 0.1) is 11.4 Å². The summed E-state index contributed by atoms with van der Waals surface area (Å²) in [6.07, 6.45) is 0. The Hall–Kier alpha value is -3.15. The van der Waals surface area contributed by atoms with E-state index in [-0.39, 0.29) is 6.03 Å². The molecule has 0 aliphatic heterocycles. The molecular weight excluding hydrogens is 408 g/mol. The van der Waals surface area contributed by atoms with E-state index in [1.165, 1.54) is 0 Å². The maximum absolute atomic E-state index is 12.8. The predicted molar refractivity (Wildman–Crippen MR) is 127 cm³/mol. The van der Waals surface area contributed by atoms with E-state index in [2.05, 4.69) is 34.9 Å². The Bertz CT molecular complexity index is 1030. The lowest BCUT2D eigenvalue weighted by Gasteiger charge is -2.14. The van der Waals surface area contributed by atoms with Gasteiger partial charge in [-0.15, -0.1) is 0 Å². The number of rotatable bonds is 6. The lowest BCUT2D eigenvalue weighted by molar-refractivity contribution is 0.262. The van der Waals surface area contributed by atoms with Crippen LogP contribution in [0, 0.1) is 0 Å². The van der Waals surface area contributed by atoms with E-state index in [0.29, 0.717) is 0 Å². The SMILES string of the molecule is O=C(Nc1ccccc1Sc1ccccc1)Nc1ccccc1Sc1ccccc1. The number of hydrogen-bond acceptors (Lipinski definition) is 3. The second-order valence-electron chi connectivity index (χ2n) is 6.40. The van der Waals surface area contributed by atoms with Crippen molar-refractivity contribution in [3.05, 3.63) is 109 Å². The highest BCUT2D eigenvalue weighted by atomic mass is 32.2. The van der Waals surface area contributed by atoms with Gasteiger partial charge in [-0.25, -0.2) is 4.79 Å². The second-order valence-corrected chi connectivity index (χ2v) is 8.63. The van der Waals surface area contributed by atoms with E-state index in [1.54, 1.807) is 23.5 Å². The lowest BCUT2D eigenvalue weighted by Crippen LogP contribution is -2.20. The van der Waals surface area contributed by atoms with Crippen molar-refractivity contribution in [2.24, 2.45) is 0 Å². The Morgan fingerprint density at radius 2 is 0.867 bits per heavy atom. The summed E-state index contributed by atoms with van der Waals surface area (Å²) in [6.45, 7) is 0. The second kappa shape index (κ2) is 10.1. The molecule has 0 heterocycles. The van der Waals surface area contributed by atoms with E-state index in [1.807, 2.05) is 84.9 Å². The first kappa shape index (κ1) is 20.1. The summed E-state index contributed by atoms with van der Waals surface area (Å²) < 4.78 is 0. The topological polar surface area (TPSA) is 41.1 Å². The van der Waals surface area contributed by atoms with Crippen molar-refractivity contribution < 1.29 is 4.79 Å². The number of para-hydroxylation sites is 2. The molecule has 0 saturated carbocycles. The molecule has 0 fully saturated rings. The summed E-state index contributed by atoms with van der Waals surface area (Å²) in [7, 11) is 0. The van der Waals surface area contributed by atoms with Crippen LogP contribution < -0.4 is 10.6 Å². The average Bonchev–Trinajstić information content (AvgIpc) is 2.78. The Morgan fingerprint density at radius 3 is 1.30 bits per heavy atom. The first-order chi connectivity index (χ1) is 14.8. The highest BCUT2D eigenvalue weighted by Crippen LogP contribution is 2.35. The third-order valence-corrected chi connectivity index (χ3v) is 6.38. The zero-order valence-corrected chi connectivity index (χ0v) is 17.8. The molecular formula is C25H20N2OS2.